The van der Waals surface area contributed by atoms with E-state index in [0.717, 1.165) is 12.5 Å². The van der Waals surface area contributed by atoms with Gasteiger partial charge in [0, 0.05) is 12.6 Å². The monoisotopic (exact) mass is 199 g/mol. The topological polar surface area (TPSA) is 29.5 Å². The lowest BCUT2D eigenvalue weighted by atomic mass is 9.85. The van der Waals surface area contributed by atoms with E-state index < -0.39 is 0 Å². The van der Waals surface area contributed by atoms with Crippen LogP contribution in [0.3, 0.4) is 0 Å². The molecule has 0 aromatic rings. The number of carbonyl (C=O) groups is 1. The van der Waals surface area contributed by atoms with Crippen LogP contribution in [0.4, 0.5) is 0 Å². The summed E-state index contributed by atoms with van der Waals surface area (Å²) in [5, 5.41) is 0. The van der Waals surface area contributed by atoms with Gasteiger partial charge in [-0.15, -0.1) is 0 Å². The van der Waals surface area contributed by atoms with Crippen LogP contribution >= 0.6 is 0 Å². The molecule has 1 rings (SSSR count). The van der Waals surface area contributed by atoms with Crippen molar-refractivity contribution in [3.63, 3.8) is 0 Å². The van der Waals surface area contributed by atoms with Crippen LogP contribution < -0.4 is 0 Å². The first-order valence-electron chi connectivity index (χ1n) is 5.40. The smallest absolute Gasteiger partial charge is 0.307 e. The van der Waals surface area contributed by atoms with Gasteiger partial charge in [0.15, 0.2) is 0 Å². The third kappa shape index (κ3) is 3.29. The van der Waals surface area contributed by atoms with Crippen molar-refractivity contribution in [1.82, 2.24) is 4.90 Å². The van der Waals surface area contributed by atoms with Crippen LogP contribution in [-0.4, -0.2) is 37.6 Å². The molecular weight excluding hydrogens is 178 g/mol. The molecule has 1 aliphatic carbocycles. The molecule has 1 aliphatic rings. The van der Waals surface area contributed by atoms with Crippen molar-refractivity contribution in [3.8, 4) is 0 Å². The number of ether oxygens (including phenoxy) is 1. The first-order chi connectivity index (χ1) is 6.63. The van der Waals surface area contributed by atoms with Crippen LogP contribution in [-0.2, 0) is 9.53 Å². The van der Waals surface area contributed by atoms with Gasteiger partial charge >= 0.3 is 5.97 Å². The number of carbonyl (C=O) groups excluding carboxylic acids is 1. The van der Waals surface area contributed by atoms with E-state index in [1.54, 1.807) is 0 Å². The first-order valence-corrected chi connectivity index (χ1v) is 5.40. The van der Waals surface area contributed by atoms with E-state index in [1.165, 1.54) is 26.4 Å². The highest BCUT2D eigenvalue weighted by Gasteiger charge is 2.22. The highest BCUT2D eigenvalue weighted by Crippen LogP contribution is 2.27. The molecule has 0 aromatic heterocycles. The van der Waals surface area contributed by atoms with Crippen molar-refractivity contribution in [2.75, 3.05) is 20.7 Å². The second kappa shape index (κ2) is 5.35. The van der Waals surface area contributed by atoms with E-state index in [4.69, 9.17) is 0 Å². The Labute approximate surface area is 86.4 Å². The normalized spacial score (nSPS) is 19.1. The van der Waals surface area contributed by atoms with E-state index in [0.29, 0.717) is 12.5 Å². The molecule has 0 aliphatic heterocycles. The van der Waals surface area contributed by atoms with Crippen LogP contribution in [0.1, 0.15) is 32.6 Å². The molecule has 0 aromatic carbocycles. The molecule has 1 unspecified atom stereocenters. The largest absolute Gasteiger partial charge is 0.469 e. The average Bonchev–Trinajstić information content (AvgIpc) is 2.10. The van der Waals surface area contributed by atoms with Gasteiger partial charge in [0.25, 0.3) is 0 Å². The number of hydrogen-bond donors (Lipinski definition) is 0. The summed E-state index contributed by atoms with van der Waals surface area (Å²) < 4.78 is 4.65. The molecule has 0 radical (unpaired) electrons. The summed E-state index contributed by atoms with van der Waals surface area (Å²) in [6.07, 6.45) is 4.59. The van der Waals surface area contributed by atoms with Gasteiger partial charge < -0.3 is 9.64 Å². The lowest BCUT2D eigenvalue weighted by Gasteiger charge is -2.33. The van der Waals surface area contributed by atoms with Crippen molar-refractivity contribution in [2.45, 2.75) is 38.6 Å². The first kappa shape index (κ1) is 11.5. The van der Waals surface area contributed by atoms with Crippen LogP contribution in [0.5, 0.6) is 0 Å². The zero-order valence-electron chi connectivity index (χ0n) is 9.45. The lowest BCUT2D eigenvalue weighted by Crippen LogP contribution is -2.37. The second-order valence-electron chi connectivity index (χ2n) is 4.37. The minimum atomic E-state index is -0.113. The lowest BCUT2D eigenvalue weighted by molar-refractivity contribution is -0.141. The summed E-state index contributed by atoms with van der Waals surface area (Å²) in [6, 6.07) is 0.294. The quantitative estimate of drug-likeness (QED) is 0.631. The van der Waals surface area contributed by atoms with Gasteiger partial charge in [0.2, 0.25) is 0 Å². The maximum atomic E-state index is 11.0. The molecular formula is C11H21NO2. The molecule has 3 nitrogen and oxygen atoms in total. The van der Waals surface area contributed by atoms with Crippen molar-refractivity contribution in [3.05, 3.63) is 0 Å². The van der Waals surface area contributed by atoms with Crippen molar-refractivity contribution in [1.29, 1.82) is 0 Å². The molecule has 0 heterocycles. The molecule has 82 valence electrons. The third-order valence-corrected chi connectivity index (χ3v) is 3.21. The minimum Gasteiger partial charge on any atom is -0.469 e. The molecule has 1 atom stereocenters. The van der Waals surface area contributed by atoms with E-state index in [9.17, 15) is 4.79 Å². The fourth-order valence-corrected chi connectivity index (χ4v) is 1.74. The predicted octanol–water partition coefficient (Wildman–Crippen LogP) is 1.67. The molecule has 0 bridgehead atoms. The Hall–Kier alpha value is -0.570. The Bertz CT molecular complexity index is 190. The highest BCUT2D eigenvalue weighted by atomic mass is 16.5. The van der Waals surface area contributed by atoms with E-state index in [1.807, 2.05) is 0 Å². The highest BCUT2D eigenvalue weighted by molar-refractivity contribution is 5.69. The molecule has 1 fully saturated rings. The Kier molecular flexibility index (Phi) is 4.39. The molecule has 1 saturated carbocycles. The minimum absolute atomic E-state index is 0.113. The Morgan fingerprint density at radius 3 is 2.64 bits per heavy atom. The fraction of sp³-hybridized carbons (Fsp3) is 0.909. The molecule has 0 spiro atoms. The standard InChI is InChI=1S/C11H21NO2/c1-9(7-11(13)14-3)12(2)8-10-5-4-6-10/h9-10H,4-8H2,1-3H3. The van der Waals surface area contributed by atoms with Crippen molar-refractivity contribution in [2.24, 2.45) is 5.92 Å². The van der Waals surface area contributed by atoms with Crippen LogP contribution in [0.25, 0.3) is 0 Å². The van der Waals surface area contributed by atoms with E-state index >= 15 is 0 Å². The van der Waals surface area contributed by atoms with Crippen molar-refractivity contribution < 1.29 is 9.53 Å². The summed E-state index contributed by atoms with van der Waals surface area (Å²) in [7, 11) is 3.53. The summed E-state index contributed by atoms with van der Waals surface area (Å²) in [5.41, 5.74) is 0. The van der Waals surface area contributed by atoms with Gasteiger partial charge in [0.1, 0.15) is 0 Å². The zero-order chi connectivity index (χ0) is 10.6. The number of hydrogen-bond acceptors (Lipinski definition) is 3. The van der Waals surface area contributed by atoms with Gasteiger partial charge in [-0.2, -0.15) is 0 Å². The predicted molar refractivity (Wildman–Crippen MR) is 56.1 cm³/mol. The maximum absolute atomic E-state index is 11.0. The number of nitrogens with zero attached hydrogens (tertiary/aromatic N) is 1. The van der Waals surface area contributed by atoms with Crippen molar-refractivity contribution >= 4 is 5.97 Å². The fourth-order valence-electron chi connectivity index (χ4n) is 1.74. The molecule has 14 heavy (non-hydrogen) atoms. The molecule has 0 amide bonds. The Morgan fingerprint density at radius 2 is 2.21 bits per heavy atom. The van der Waals surface area contributed by atoms with Gasteiger partial charge in [-0.05, 0) is 32.7 Å². The maximum Gasteiger partial charge on any atom is 0.307 e. The van der Waals surface area contributed by atoms with Gasteiger partial charge in [-0.1, -0.05) is 6.42 Å². The van der Waals surface area contributed by atoms with Crippen LogP contribution in [0.15, 0.2) is 0 Å². The Morgan fingerprint density at radius 1 is 1.57 bits per heavy atom. The second-order valence-corrected chi connectivity index (χ2v) is 4.37. The Balaban J connectivity index is 2.20. The van der Waals surface area contributed by atoms with E-state index in [-0.39, 0.29) is 5.97 Å². The molecule has 3 heteroatoms. The molecule has 0 saturated heterocycles. The molecule has 0 N–H and O–H groups in total. The third-order valence-electron chi connectivity index (χ3n) is 3.21. The SMILES string of the molecule is COC(=O)CC(C)N(C)CC1CCC1. The number of esters is 1. The summed E-state index contributed by atoms with van der Waals surface area (Å²) in [4.78, 5) is 13.3. The van der Waals surface area contributed by atoms with Crippen LogP contribution in [0.2, 0.25) is 0 Å². The number of methoxy groups -OCH3 is 1. The number of rotatable bonds is 5. The summed E-state index contributed by atoms with van der Waals surface area (Å²) in [5.74, 6) is 0.748. The zero-order valence-corrected chi connectivity index (χ0v) is 9.45. The average molecular weight is 199 g/mol. The van der Waals surface area contributed by atoms with Gasteiger partial charge in [-0.25, -0.2) is 0 Å². The van der Waals surface area contributed by atoms with Crippen LogP contribution in [0, 0.1) is 5.92 Å². The van der Waals surface area contributed by atoms with Gasteiger partial charge in [0.05, 0.1) is 13.5 Å². The van der Waals surface area contributed by atoms with E-state index in [2.05, 4.69) is 23.6 Å². The van der Waals surface area contributed by atoms with Gasteiger partial charge in [-0.3, -0.25) is 4.79 Å². The summed E-state index contributed by atoms with van der Waals surface area (Å²) >= 11 is 0. The summed E-state index contributed by atoms with van der Waals surface area (Å²) in [6.45, 7) is 3.20.